The summed E-state index contributed by atoms with van der Waals surface area (Å²) in [4.78, 5) is 12.9. The van der Waals surface area contributed by atoms with Gasteiger partial charge in [0.1, 0.15) is 0 Å². The second-order valence-corrected chi connectivity index (χ2v) is 4.63. The highest BCUT2D eigenvalue weighted by atomic mass is 32.1. The first kappa shape index (κ1) is 14.0. The van der Waals surface area contributed by atoms with Gasteiger partial charge in [-0.2, -0.15) is 0 Å². The minimum absolute atomic E-state index is 0.665. The molecule has 0 unspecified atom stereocenters. The second-order valence-electron chi connectivity index (χ2n) is 4.25. The van der Waals surface area contributed by atoms with Gasteiger partial charge in [0, 0.05) is 52.2 Å². The zero-order valence-corrected chi connectivity index (χ0v) is 11.9. The van der Waals surface area contributed by atoms with E-state index in [-0.39, 0.29) is 0 Å². The molecule has 2 rings (SSSR count). The van der Waals surface area contributed by atoms with Crippen LogP contribution in [0.4, 0.5) is 5.95 Å². The maximum absolute atomic E-state index is 5.35. The molecule has 0 spiro atoms. The molecule has 104 valence electrons. The number of aromatic nitrogens is 2. The number of methoxy groups -OCH3 is 1. The molecule has 1 aliphatic rings. The lowest BCUT2D eigenvalue weighted by Crippen LogP contribution is -2.52. The van der Waals surface area contributed by atoms with Crippen LogP contribution in [0.1, 0.15) is 0 Å². The molecule has 19 heavy (non-hydrogen) atoms. The first-order chi connectivity index (χ1) is 9.31. The van der Waals surface area contributed by atoms with E-state index in [9.17, 15) is 0 Å². The highest BCUT2D eigenvalue weighted by Gasteiger charge is 2.20. The van der Waals surface area contributed by atoms with E-state index in [0.717, 1.165) is 43.8 Å². The van der Waals surface area contributed by atoms with Gasteiger partial charge in [0.05, 0.1) is 6.61 Å². The minimum atomic E-state index is 0.665. The van der Waals surface area contributed by atoms with Crippen LogP contribution in [-0.4, -0.2) is 66.4 Å². The zero-order valence-electron chi connectivity index (χ0n) is 11.1. The molecule has 0 radical (unpaired) electrons. The Morgan fingerprint density at radius 1 is 1.32 bits per heavy atom. The number of hydrogen-bond donors (Lipinski definition) is 1. The van der Waals surface area contributed by atoms with Crippen molar-refractivity contribution in [2.45, 2.75) is 0 Å². The summed E-state index contributed by atoms with van der Waals surface area (Å²) in [5, 5.41) is 3.99. The van der Waals surface area contributed by atoms with E-state index in [2.05, 4.69) is 25.1 Å². The summed E-state index contributed by atoms with van der Waals surface area (Å²) in [7, 11) is 1.68. The largest absolute Gasteiger partial charge is 0.383 e. The minimum Gasteiger partial charge on any atom is -0.383 e. The van der Waals surface area contributed by atoms with Crippen molar-refractivity contribution >= 4 is 23.3 Å². The SMILES string of the molecule is COCCNC(=S)N1CCN(c2ncccn2)CC1. The van der Waals surface area contributed by atoms with Gasteiger partial charge in [-0.05, 0) is 18.3 Å². The Bertz CT molecular complexity index is 394. The fraction of sp³-hybridized carbons (Fsp3) is 0.583. The Balaban J connectivity index is 1.77. The molecule has 0 aromatic carbocycles. The molecule has 6 nitrogen and oxygen atoms in total. The molecule has 0 saturated carbocycles. The van der Waals surface area contributed by atoms with Gasteiger partial charge < -0.3 is 19.9 Å². The van der Waals surface area contributed by atoms with Crippen molar-refractivity contribution in [3.8, 4) is 0 Å². The van der Waals surface area contributed by atoms with Crippen LogP contribution in [0.15, 0.2) is 18.5 Å². The van der Waals surface area contributed by atoms with Gasteiger partial charge in [0.2, 0.25) is 5.95 Å². The first-order valence-corrected chi connectivity index (χ1v) is 6.76. The Morgan fingerprint density at radius 3 is 2.63 bits per heavy atom. The Morgan fingerprint density at radius 2 is 2.00 bits per heavy atom. The van der Waals surface area contributed by atoms with Crippen molar-refractivity contribution in [3.05, 3.63) is 18.5 Å². The summed E-state index contributed by atoms with van der Waals surface area (Å²) < 4.78 is 4.99. The van der Waals surface area contributed by atoms with Crippen molar-refractivity contribution in [2.75, 3.05) is 51.3 Å². The van der Waals surface area contributed by atoms with E-state index in [4.69, 9.17) is 17.0 Å². The fourth-order valence-corrected chi connectivity index (χ4v) is 2.22. The third-order valence-corrected chi connectivity index (χ3v) is 3.39. The normalized spacial score (nSPS) is 15.4. The fourth-order valence-electron chi connectivity index (χ4n) is 1.94. The number of ether oxygens (including phenoxy) is 1. The highest BCUT2D eigenvalue weighted by Crippen LogP contribution is 2.09. The van der Waals surface area contributed by atoms with Gasteiger partial charge in [-0.1, -0.05) is 0 Å². The third-order valence-electron chi connectivity index (χ3n) is 2.98. The lowest BCUT2D eigenvalue weighted by molar-refractivity contribution is 0.202. The molecule has 0 atom stereocenters. The predicted octanol–water partition coefficient (Wildman–Crippen LogP) is 0.119. The monoisotopic (exact) mass is 281 g/mol. The molecule has 7 heteroatoms. The third kappa shape index (κ3) is 4.00. The smallest absolute Gasteiger partial charge is 0.225 e. The number of nitrogens with one attached hydrogen (secondary N) is 1. The maximum atomic E-state index is 5.35. The van der Waals surface area contributed by atoms with Crippen molar-refractivity contribution in [1.82, 2.24) is 20.2 Å². The standard InChI is InChI=1S/C12H19N5OS/c1-18-10-5-15-12(19)17-8-6-16(7-9-17)11-13-3-2-4-14-11/h2-4H,5-10H2,1H3,(H,15,19). The average Bonchev–Trinajstić information content (AvgIpc) is 2.48. The van der Waals surface area contributed by atoms with Crippen molar-refractivity contribution in [1.29, 1.82) is 0 Å². The van der Waals surface area contributed by atoms with Crippen LogP contribution in [-0.2, 0) is 4.74 Å². The highest BCUT2D eigenvalue weighted by molar-refractivity contribution is 7.80. The van der Waals surface area contributed by atoms with E-state index < -0.39 is 0 Å². The van der Waals surface area contributed by atoms with E-state index in [0.29, 0.717) is 6.61 Å². The molecule has 1 saturated heterocycles. The molecule has 1 N–H and O–H groups in total. The number of anilines is 1. The van der Waals surface area contributed by atoms with Gasteiger partial charge in [0.15, 0.2) is 5.11 Å². The Labute approximate surface area is 118 Å². The number of hydrogen-bond acceptors (Lipinski definition) is 5. The summed E-state index contributed by atoms with van der Waals surface area (Å²) in [5.41, 5.74) is 0. The van der Waals surface area contributed by atoms with Gasteiger partial charge in [-0.15, -0.1) is 0 Å². The van der Waals surface area contributed by atoms with Crippen molar-refractivity contribution < 1.29 is 4.74 Å². The molecular formula is C12H19N5OS. The van der Waals surface area contributed by atoms with Gasteiger partial charge in [-0.25, -0.2) is 9.97 Å². The van der Waals surface area contributed by atoms with E-state index in [1.165, 1.54) is 0 Å². The maximum Gasteiger partial charge on any atom is 0.225 e. The van der Waals surface area contributed by atoms with Crippen molar-refractivity contribution in [2.24, 2.45) is 0 Å². The molecule has 2 heterocycles. The number of thiocarbonyl (C=S) groups is 1. The molecule has 0 bridgehead atoms. The van der Waals surface area contributed by atoms with Gasteiger partial charge >= 0.3 is 0 Å². The molecule has 1 aromatic heterocycles. The molecule has 0 aliphatic carbocycles. The zero-order chi connectivity index (χ0) is 13.5. The molecule has 1 aliphatic heterocycles. The topological polar surface area (TPSA) is 53.5 Å². The Hall–Kier alpha value is -1.47. The molecule has 0 amide bonds. The van der Waals surface area contributed by atoms with E-state index in [1.807, 2.05) is 6.07 Å². The van der Waals surface area contributed by atoms with Gasteiger partial charge in [-0.3, -0.25) is 0 Å². The second kappa shape index (κ2) is 7.20. The summed E-state index contributed by atoms with van der Waals surface area (Å²) in [6, 6.07) is 1.83. The summed E-state index contributed by atoms with van der Waals surface area (Å²) in [6.45, 7) is 4.95. The van der Waals surface area contributed by atoms with E-state index in [1.54, 1.807) is 19.5 Å². The predicted molar refractivity (Wildman–Crippen MR) is 78.3 cm³/mol. The van der Waals surface area contributed by atoms with Crippen molar-refractivity contribution in [3.63, 3.8) is 0 Å². The van der Waals surface area contributed by atoms with Crippen LogP contribution < -0.4 is 10.2 Å². The van der Waals surface area contributed by atoms with Gasteiger partial charge in [0.25, 0.3) is 0 Å². The van der Waals surface area contributed by atoms with Crippen LogP contribution in [0.2, 0.25) is 0 Å². The summed E-state index contributed by atoms with van der Waals surface area (Å²) >= 11 is 5.35. The van der Waals surface area contributed by atoms with Crippen LogP contribution in [0.5, 0.6) is 0 Å². The molecule has 1 fully saturated rings. The van der Waals surface area contributed by atoms with Crippen LogP contribution in [0, 0.1) is 0 Å². The number of nitrogens with zero attached hydrogens (tertiary/aromatic N) is 4. The van der Waals surface area contributed by atoms with E-state index >= 15 is 0 Å². The van der Waals surface area contributed by atoms with Crippen LogP contribution in [0.3, 0.4) is 0 Å². The lowest BCUT2D eigenvalue weighted by atomic mass is 10.3. The van der Waals surface area contributed by atoms with Crippen LogP contribution >= 0.6 is 12.2 Å². The Kier molecular flexibility index (Phi) is 5.29. The molecule has 1 aromatic rings. The average molecular weight is 281 g/mol. The summed E-state index contributed by atoms with van der Waals surface area (Å²) in [6.07, 6.45) is 3.54. The number of rotatable bonds is 4. The quantitative estimate of drug-likeness (QED) is 0.621. The van der Waals surface area contributed by atoms with Crippen LogP contribution in [0.25, 0.3) is 0 Å². The molecular weight excluding hydrogens is 262 g/mol. The first-order valence-electron chi connectivity index (χ1n) is 6.35. The number of piperazine rings is 1. The lowest BCUT2D eigenvalue weighted by Gasteiger charge is -2.36. The summed E-state index contributed by atoms with van der Waals surface area (Å²) in [5.74, 6) is 0.792.